The number of alkyl halides is 3. The van der Waals surface area contributed by atoms with Gasteiger partial charge in [0.1, 0.15) is 0 Å². The minimum Gasteiger partial charge on any atom is -0.379 e. The second-order valence-electron chi connectivity index (χ2n) is 9.40. The highest BCUT2D eigenvalue weighted by Gasteiger charge is 2.34. The van der Waals surface area contributed by atoms with Crippen LogP contribution in [-0.4, -0.2) is 47.9 Å². The van der Waals surface area contributed by atoms with E-state index in [2.05, 4.69) is 27.1 Å². The SMILES string of the molecule is Cc1ccc(C(=O)Cc2ccc(CN3CCOCC3)c(C(F)(F)F)c2)cc1C#Cc1ccc(N=C(N)NC#N)nc1. The number of pyridine rings is 1. The lowest BCUT2D eigenvalue weighted by atomic mass is 9.96. The van der Waals surface area contributed by atoms with Gasteiger partial charge >= 0.3 is 6.18 Å². The fourth-order valence-corrected chi connectivity index (χ4v) is 4.23. The summed E-state index contributed by atoms with van der Waals surface area (Å²) in [5.74, 6) is 5.90. The van der Waals surface area contributed by atoms with Gasteiger partial charge in [0.05, 0.1) is 18.8 Å². The van der Waals surface area contributed by atoms with Crippen molar-refractivity contribution >= 4 is 17.6 Å². The summed E-state index contributed by atoms with van der Waals surface area (Å²) in [4.78, 5) is 23.1. The molecule has 0 aliphatic carbocycles. The molecule has 8 nitrogen and oxygen atoms in total. The minimum atomic E-state index is -4.53. The number of Topliss-reactive ketones (excluding diaryl/α,β-unsaturated/α-hetero) is 1. The predicted octanol–water partition coefficient (Wildman–Crippen LogP) is 4.08. The number of ketones is 1. The van der Waals surface area contributed by atoms with Gasteiger partial charge in [-0.25, -0.2) is 4.98 Å². The summed E-state index contributed by atoms with van der Waals surface area (Å²) in [6, 6.07) is 12.4. The van der Waals surface area contributed by atoms with E-state index >= 15 is 0 Å². The highest BCUT2D eigenvalue weighted by molar-refractivity contribution is 5.98. The first-order valence-electron chi connectivity index (χ1n) is 12.7. The van der Waals surface area contributed by atoms with E-state index in [0.717, 1.165) is 11.6 Å². The van der Waals surface area contributed by atoms with Crippen LogP contribution in [0, 0.1) is 30.2 Å². The molecule has 1 saturated heterocycles. The number of benzene rings is 2. The van der Waals surface area contributed by atoms with Gasteiger partial charge in [-0.05, 0) is 47.9 Å². The molecule has 0 amide bonds. The third-order valence-electron chi connectivity index (χ3n) is 6.41. The van der Waals surface area contributed by atoms with Gasteiger partial charge in [0.15, 0.2) is 17.8 Å². The zero-order valence-electron chi connectivity index (χ0n) is 22.3. The van der Waals surface area contributed by atoms with Crippen molar-refractivity contribution in [2.75, 3.05) is 26.3 Å². The normalized spacial score (nSPS) is 14.1. The number of nitrogens with one attached hydrogen (secondary N) is 1. The molecule has 3 aromatic rings. The fraction of sp³-hybridized carbons (Fsp3) is 0.267. The molecule has 210 valence electrons. The molecule has 0 spiro atoms. The molecule has 41 heavy (non-hydrogen) atoms. The van der Waals surface area contributed by atoms with Gasteiger partial charge in [0.2, 0.25) is 5.96 Å². The first-order valence-corrected chi connectivity index (χ1v) is 12.7. The molecule has 0 unspecified atom stereocenters. The number of carbonyl (C=O) groups is 1. The number of halogens is 3. The van der Waals surface area contributed by atoms with Crippen LogP contribution in [0.5, 0.6) is 0 Å². The monoisotopic (exact) mass is 560 g/mol. The smallest absolute Gasteiger partial charge is 0.379 e. The Morgan fingerprint density at radius 1 is 1.15 bits per heavy atom. The largest absolute Gasteiger partial charge is 0.416 e. The highest BCUT2D eigenvalue weighted by Crippen LogP contribution is 2.34. The number of hydrogen-bond acceptors (Lipinski definition) is 6. The fourth-order valence-electron chi connectivity index (χ4n) is 4.23. The Balaban J connectivity index is 1.50. The van der Waals surface area contributed by atoms with Crippen molar-refractivity contribution in [3.63, 3.8) is 0 Å². The average molecular weight is 561 g/mol. The number of ether oxygens (including phenoxy) is 1. The predicted molar refractivity (Wildman–Crippen MR) is 147 cm³/mol. The third-order valence-corrected chi connectivity index (χ3v) is 6.41. The molecule has 0 saturated carbocycles. The van der Waals surface area contributed by atoms with E-state index in [-0.39, 0.29) is 30.3 Å². The number of nitrogens with two attached hydrogens (primary N) is 1. The summed E-state index contributed by atoms with van der Waals surface area (Å²) in [5.41, 5.74) is 7.66. The van der Waals surface area contributed by atoms with Gasteiger partial charge in [0, 0.05) is 48.9 Å². The summed E-state index contributed by atoms with van der Waals surface area (Å²) >= 11 is 0. The first-order chi connectivity index (χ1) is 19.6. The van der Waals surface area contributed by atoms with Crippen molar-refractivity contribution in [2.24, 2.45) is 10.7 Å². The van der Waals surface area contributed by atoms with Crippen LogP contribution < -0.4 is 11.1 Å². The van der Waals surface area contributed by atoms with E-state index in [1.54, 1.807) is 42.6 Å². The van der Waals surface area contributed by atoms with Gasteiger partial charge in [-0.2, -0.15) is 23.4 Å². The number of nitriles is 1. The summed E-state index contributed by atoms with van der Waals surface area (Å²) < 4.78 is 47.0. The molecule has 2 heterocycles. The van der Waals surface area contributed by atoms with Gasteiger partial charge < -0.3 is 10.5 Å². The van der Waals surface area contributed by atoms with Crippen molar-refractivity contribution in [3.8, 4) is 18.0 Å². The van der Waals surface area contributed by atoms with E-state index in [9.17, 15) is 18.0 Å². The quantitative estimate of drug-likeness (QED) is 0.117. The van der Waals surface area contributed by atoms with Crippen LogP contribution in [0.25, 0.3) is 0 Å². The first kappa shape index (κ1) is 29.3. The second kappa shape index (κ2) is 13.1. The Morgan fingerprint density at radius 3 is 2.61 bits per heavy atom. The number of nitrogens with zero attached hydrogens (tertiary/aromatic N) is 4. The molecule has 11 heteroatoms. The van der Waals surface area contributed by atoms with Crippen LogP contribution >= 0.6 is 0 Å². The zero-order valence-corrected chi connectivity index (χ0v) is 22.3. The van der Waals surface area contributed by atoms with Gasteiger partial charge in [-0.3, -0.25) is 15.0 Å². The van der Waals surface area contributed by atoms with Crippen LogP contribution in [-0.2, 0) is 23.9 Å². The maximum Gasteiger partial charge on any atom is 0.416 e. The zero-order chi connectivity index (χ0) is 29.4. The maximum absolute atomic E-state index is 13.9. The van der Waals surface area contributed by atoms with Gasteiger partial charge in [0.25, 0.3) is 0 Å². The lowest BCUT2D eigenvalue weighted by molar-refractivity contribution is -0.138. The van der Waals surface area contributed by atoms with E-state index < -0.39 is 11.7 Å². The van der Waals surface area contributed by atoms with Crippen molar-refractivity contribution in [3.05, 3.63) is 93.7 Å². The third kappa shape index (κ3) is 8.15. The lowest BCUT2D eigenvalue weighted by Crippen LogP contribution is -2.36. The van der Waals surface area contributed by atoms with Crippen molar-refractivity contribution < 1.29 is 22.7 Å². The van der Waals surface area contributed by atoms with E-state index in [0.29, 0.717) is 54.4 Å². The number of hydrogen-bond donors (Lipinski definition) is 2. The highest BCUT2D eigenvalue weighted by atomic mass is 19.4. The van der Waals surface area contributed by atoms with Crippen LogP contribution in [0.4, 0.5) is 19.0 Å². The number of guanidine groups is 1. The number of carbonyl (C=O) groups excluding carboxylic acids is 1. The molecular weight excluding hydrogens is 533 g/mol. The lowest BCUT2D eigenvalue weighted by Gasteiger charge is -2.27. The summed E-state index contributed by atoms with van der Waals surface area (Å²) in [6.07, 6.45) is -1.55. The van der Waals surface area contributed by atoms with Crippen LogP contribution in [0.15, 0.2) is 59.7 Å². The molecule has 0 bridgehead atoms. The van der Waals surface area contributed by atoms with Crippen LogP contribution in [0.3, 0.4) is 0 Å². The standard InChI is InChI=1S/C30H27F3N6O2/c1-20-2-6-24(16-23(20)7-3-21-5-9-28(36-17-21)38-29(35)37-19-34)27(40)15-22-4-8-25(26(14-22)30(31,32)33)18-39-10-12-41-13-11-39/h2,4-6,8-9,14,16-17H,10-13,15,18H2,1H3,(H3,35,36,37,38). The number of rotatable bonds is 6. The number of aromatic nitrogens is 1. The molecule has 0 radical (unpaired) electrons. The molecule has 1 fully saturated rings. The summed E-state index contributed by atoms with van der Waals surface area (Å²) in [5, 5.41) is 10.8. The molecule has 3 N–H and O–H groups in total. The summed E-state index contributed by atoms with van der Waals surface area (Å²) in [7, 11) is 0. The topological polar surface area (TPSA) is 117 Å². The Morgan fingerprint density at radius 2 is 1.93 bits per heavy atom. The maximum atomic E-state index is 13.9. The molecule has 0 atom stereocenters. The van der Waals surface area contributed by atoms with Crippen LogP contribution in [0.1, 0.15) is 43.7 Å². The van der Waals surface area contributed by atoms with Crippen LogP contribution in [0.2, 0.25) is 0 Å². The van der Waals surface area contributed by atoms with E-state index in [4.69, 9.17) is 15.7 Å². The van der Waals surface area contributed by atoms with Crippen molar-refractivity contribution in [1.29, 1.82) is 5.26 Å². The van der Waals surface area contributed by atoms with E-state index in [1.807, 2.05) is 11.8 Å². The molecule has 1 aliphatic heterocycles. The molecular formula is C30H27F3N6O2. The minimum absolute atomic E-state index is 0.0884. The van der Waals surface area contributed by atoms with Gasteiger partial charge in [-0.15, -0.1) is 0 Å². The number of morpholine rings is 1. The Kier molecular flexibility index (Phi) is 9.35. The Bertz CT molecular complexity index is 1540. The molecule has 1 aliphatic rings. The molecule has 4 rings (SSSR count). The number of aliphatic imine (C=N–C) groups is 1. The molecule has 1 aromatic heterocycles. The Hall–Kier alpha value is -4.71. The Labute approximate surface area is 235 Å². The summed E-state index contributed by atoms with van der Waals surface area (Å²) in [6.45, 7) is 4.15. The van der Waals surface area contributed by atoms with Crippen molar-refractivity contribution in [2.45, 2.75) is 26.1 Å². The second-order valence-corrected chi connectivity index (χ2v) is 9.40. The van der Waals surface area contributed by atoms with E-state index in [1.165, 1.54) is 12.3 Å². The van der Waals surface area contributed by atoms with Crippen molar-refractivity contribution in [1.82, 2.24) is 15.2 Å². The number of aryl methyl sites for hydroxylation is 1. The molecule has 2 aromatic carbocycles. The average Bonchev–Trinajstić information content (AvgIpc) is 2.94. The van der Waals surface area contributed by atoms with Gasteiger partial charge in [-0.1, -0.05) is 36.1 Å².